The molecule has 0 aromatic heterocycles. The van der Waals surface area contributed by atoms with Gasteiger partial charge in [0, 0.05) is 16.6 Å². The highest BCUT2D eigenvalue weighted by atomic mass is 79.9. The van der Waals surface area contributed by atoms with E-state index in [1.54, 1.807) is 12.1 Å². The topological polar surface area (TPSA) is 69.4 Å². The van der Waals surface area contributed by atoms with Crippen molar-refractivity contribution in [2.24, 2.45) is 0 Å². The molecule has 0 bridgehead atoms. The van der Waals surface area contributed by atoms with Crippen molar-refractivity contribution in [1.82, 2.24) is 0 Å². The monoisotopic (exact) mass is 339 g/mol. The highest BCUT2D eigenvalue weighted by molar-refractivity contribution is 9.10. The van der Waals surface area contributed by atoms with Crippen molar-refractivity contribution in [3.63, 3.8) is 0 Å². The second-order valence-electron chi connectivity index (χ2n) is 3.77. The van der Waals surface area contributed by atoms with Gasteiger partial charge in [0.2, 0.25) is 5.75 Å². The molecule has 0 fully saturated rings. The molecule has 0 spiro atoms. The van der Waals surface area contributed by atoms with Crippen molar-refractivity contribution in [3.8, 4) is 5.75 Å². The van der Waals surface area contributed by atoms with Crippen molar-refractivity contribution >= 4 is 27.6 Å². The molecular formula is C13H7BrFNO4. The molecule has 2 aromatic rings. The fraction of sp³-hybridized carbons (Fsp3) is 0. The SMILES string of the molecule is O=C(Oc1cc(F)ccc1[N+](=O)[O-])c1cccc(Br)c1. The lowest BCUT2D eigenvalue weighted by atomic mass is 10.2. The Morgan fingerprint density at radius 1 is 1.25 bits per heavy atom. The van der Waals surface area contributed by atoms with Crippen LogP contribution in [0.25, 0.3) is 0 Å². The second kappa shape index (κ2) is 5.79. The molecule has 0 saturated carbocycles. The number of carbonyl (C=O) groups is 1. The summed E-state index contributed by atoms with van der Waals surface area (Å²) in [7, 11) is 0. The lowest BCUT2D eigenvalue weighted by Crippen LogP contribution is -2.10. The Morgan fingerprint density at radius 3 is 2.65 bits per heavy atom. The number of hydrogen-bond donors (Lipinski definition) is 0. The predicted molar refractivity (Wildman–Crippen MR) is 72.2 cm³/mol. The molecule has 0 unspecified atom stereocenters. The van der Waals surface area contributed by atoms with Gasteiger partial charge in [0.05, 0.1) is 10.5 Å². The summed E-state index contributed by atoms with van der Waals surface area (Å²) in [5, 5.41) is 10.8. The van der Waals surface area contributed by atoms with Crippen LogP contribution in [0.2, 0.25) is 0 Å². The number of nitrogens with zero attached hydrogens (tertiary/aromatic N) is 1. The third-order valence-corrected chi connectivity index (χ3v) is 2.87. The number of benzene rings is 2. The molecule has 7 heteroatoms. The molecule has 0 aliphatic heterocycles. The molecule has 0 amide bonds. The van der Waals surface area contributed by atoms with Gasteiger partial charge in [-0.05, 0) is 24.3 Å². The number of esters is 1. The second-order valence-corrected chi connectivity index (χ2v) is 4.68. The Bertz CT molecular complexity index is 690. The molecule has 2 aromatic carbocycles. The van der Waals surface area contributed by atoms with Crippen molar-refractivity contribution in [3.05, 3.63) is 68.4 Å². The highest BCUT2D eigenvalue weighted by Crippen LogP contribution is 2.28. The summed E-state index contributed by atoms with van der Waals surface area (Å²) in [5.74, 6) is -1.97. The van der Waals surface area contributed by atoms with Gasteiger partial charge in [-0.3, -0.25) is 10.1 Å². The van der Waals surface area contributed by atoms with E-state index in [0.717, 1.165) is 18.2 Å². The minimum Gasteiger partial charge on any atom is -0.415 e. The van der Waals surface area contributed by atoms with Gasteiger partial charge in [-0.15, -0.1) is 0 Å². The number of carbonyl (C=O) groups excluding carboxylic acids is 1. The zero-order chi connectivity index (χ0) is 14.7. The van der Waals surface area contributed by atoms with Crippen molar-refractivity contribution in [2.75, 3.05) is 0 Å². The molecule has 0 N–H and O–H groups in total. The third-order valence-electron chi connectivity index (χ3n) is 2.38. The van der Waals surface area contributed by atoms with E-state index in [0.29, 0.717) is 4.47 Å². The van der Waals surface area contributed by atoms with Gasteiger partial charge in [-0.25, -0.2) is 9.18 Å². The van der Waals surface area contributed by atoms with Crippen molar-refractivity contribution < 1.29 is 18.8 Å². The number of ether oxygens (including phenoxy) is 1. The predicted octanol–water partition coefficient (Wildman–Crippen LogP) is 3.72. The van der Waals surface area contributed by atoms with Crippen LogP contribution in [0.5, 0.6) is 5.75 Å². The molecule has 0 aliphatic rings. The van der Waals surface area contributed by atoms with E-state index in [9.17, 15) is 19.3 Å². The van der Waals surface area contributed by atoms with E-state index >= 15 is 0 Å². The minimum absolute atomic E-state index is 0.193. The van der Waals surface area contributed by atoms with Gasteiger partial charge in [-0.1, -0.05) is 22.0 Å². The average molecular weight is 340 g/mol. The molecule has 0 atom stereocenters. The Labute approximate surface area is 121 Å². The van der Waals surface area contributed by atoms with Crippen LogP contribution in [-0.2, 0) is 0 Å². The maximum absolute atomic E-state index is 13.1. The Kier molecular flexibility index (Phi) is 4.09. The molecule has 20 heavy (non-hydrogen) atoms. The van der Waals surface area contributed by atoms with Gasteiger partial charge in [-0.2, -0.15) is 0 Å². The Balaban J connectivity index is 2.32. The fourth-order valence-electron chi connectivity index (χ4n) is 1.49. The first-order valence-electron chi connectivity index (χ1n) is 5.39. The van der Waals surface area contributed by atoms with Crippen LogP contribution >= 0.6 is 15.9 Å². The van der Waals surface area contributed by atoms with E-state index in [1.807, 2.05) is 0 Å². The first-order valence-corrected chi connectivity index (χ1v) is 6.18. The Morgan fingerprint density at radius 2 is 2.00 bits per heavy atom. The maximum Gasteiger partial charge on any atom is 0.343 e. The van der Waals surface area contributed by atoms with Crippen LogP contribution in [0.15, 0.2) is 46.9 Å². The van der Waals surface area contributed by atoms with Crippen LogP contribution in [0.1, 0.15) is 10.4 Å². The lowest BCUT2D eigenvalue weighted by molar-refractivity contribution is -0.385. The summed E-state index contributed by atoms with van der Waals surface area (Å²) >= 11 is 3.19. The van der Waals surface area contributed by atoms with Crippen LogP contribution in [0.3, 0.4) is 0 Å². The zero-order valence-electron chi connectivity index (χ0n) is 9.88. The van der Waals surface area contributed by atoms with Crippen molar-refractivity contribution in [2.45, 2.75) is 0 Å². The number of halogens is 2. The van der Waals surface area contributed by atoms with Crippen LogP contribution in [0.4, 0.5) is 10.1 Å². The molecule has 0 saturated heterocycles. The summed E-state index contributed by atoms with van der Waals surface area (Å²) in [5.41, 5.74) is -0.285. The molecule has 0 heterocycles. The zero-order valence-corrected chi connectivity index (χ0v) is 11.5. The summed E-state index contributed by atoms with van der Waals surface area (Å²) in [6.45, 7) is 0. The molecule has 0 aliphatic carbocycles. The minimum atomic E-state index is -0.806. The van der Waals surface area contributed by atoms with Crippen LogP contribution in [-0.4, -0.2) is 10.9 Å². The summed E-state index contributed by atoms with van der Waals surface area (Å²) in [6, 6.07) is 8.97. The van der Waals surface area contributed by atoms with Crippen LogP contribution < -0.4 is 4.74 Å². The molecule has 102 valence electrons. The normalized spacial score (nSPS) is 10.1. The van der Waals surface area contributed by atoms with Crippen molar-refractivity contribution in [1.29, 1.82) is 0 Å². The van der Waals surface area contributed by atoms with E-state index in [1.165, 1.54) is 12.1 Å². The van der Waals surface area contributed by atoms with E-state index in [4.69, 9.17) is 4.74 Å². The molecule has 2 rings (SSSR count). The molecule has 5 nitrogen and oxygen atoms in total. The van der Waals surface area contributed by atoms with E-state index < -0.39 is 28.1 Å². The van der Waals surface area contributed by atoms with Gasteiger partial charge in [0.15, 0.2) is 0 Å². The molecule has 0 radical (unpaired) electrons. The van der Waals surface area contributed by atoms with Crippen LogP contribution in [0, 0.1) is 15.9 Å². The smallest absolute Gasteiger partial charge is 0.343 e. The van der Waals surface area contributed by atoms with E-state index in [2.05, 4.69) is 15.9 Å². The van der Waals surface area contributed by atoms with Gasteiger partial charge in [0.1, 0.15) is 5.82 Å². The van der Waals surface area contributed by atoms with Gasteiger partial charge >= 0.3 is 11.7 Å². The number of hydrogen-bond acceptors (Lipinski definition) is 4. The van der Waals surface area contributed by atoms with E-state index in [-0.39, 0.29) is 5.56 Å². The lowest BCUT2D eigenvalue weighted by Gasteiger charge is -2.05. The number of nitro groups is 1. The molecular weight excluding hydrogens is 333 g/mol. The quantitative estimate of drug-likeness (QED) is 0.370. The first kappa shape index (κ1) is 14.1. The number of nitro benzene ring substituents is 1. The standard InChI is InChI=1S/C13H7BrFNO4/c14-9-3-1-2-8(6-9)13(17)20-12-7-10(15)4-5-11(12)16(18)19/h1-7H. The Hall–Kier alpha value is -2.28. The summed E-state index contributed by atoms with van der Waals surface area (Å²) in [6.07, 6.45) is 0. The fourth-order valence-corrected chi connectivity index (χ4v) is 1.89. The first-order chi connectivity index (χ1) is 9.47. The maximum atomic E-state index is 13.1. The average Bonchev–Trinajstić information content (AvgIpc) is 2.38. The largest absolute Gasteiger partial charge is 0.415 e. The third kappa shape index (κ3) is 3.18. The summed E-state index contributed by atoms with van der Waals surface area (Å²) < 4.78 is 18.6. The highest BCUT2D eigenvalue weighted by Gasteiger charge is 2.19. The van der Waals surface area contributed by atoms with Gasteiger partial charge < -0.3 is 4.74 Å². The summed E-state index contributed by atoms with van der Waals surface area (Å²) in [4.78, 5) is 21.9. The van der Waals surface area contributed by atoms with Gasteiger partial charge in [0.25, 0.3) is 0 Å². The number of rotatable bonds is 3.